The Hall–Kier alpha value is -1.15. The topological polar surface area (TPSA) is 51.8 Å². The predicted molar refractivity (Wildman–Crippen MR) is 62.5 cm³/mol. The number of hydrogen-bond donors (Lipinski definition) is 1. The Labute approximate surface area is 107 Å². The van der Waals surface area contributed by atoms with Gasteiger partial charge in [-0.1, -0.05) is 0 Å². The molecule has 0 bridgehead atoms. The fraction of sp³-hybridized carbons (Fsp3) is 0.111. The van der Waals surface area contributed by atoms with Crippen LogP contribution in [-0.2, 0) is 6.18 Å². The van der Waals surface area contributed by atoms with E-state index in [1.165, 1.54) is 11.3 Å². The summed E-state index contributed by atoms with van der Waals surface area (Å²) in [5.41, 5.74) is 4.40. The first-order valence-corrected chi connectivity index (χ1v) is 6.00. The van der Waals surface area contributed by atoms with Crippen LogP contribution in [-0.4, -0.2) is 9.97 Å². The highest BCUT2D eigenvalue weighted by Crippen LogP contribution is 2.35. The van der Waals surface area contributed by atoms with E-state index in [9.17, 15) is 13.2 Å². The summed E-state index contributed by atoms with van der Waals surface area (Å²) in [7, 11) is 0. The maximum atomic E-state index is 12.5. The lowest BCUT2D eigenvalue weighted by Gasteiger charge is -2.07. The molecule has 0 fully saturated rings. The summed E-state index contributed by atoms with van der Waals surface area (Å²) in [4.78, 5) is 7.56. The number of nitrogen functional groups attached to an aromatic ring is 1. The normalized spacial score (nSPS) is 11.8. The van der Waals surface area contributed by atoms with Crippen LogP contribution in [0.4, 0.5) is 19.1 Å². The largest absolute Gasteiger partial charge is 0.433 e. The van der Waals surface area contributed by atoms with Gasteiger partial charge in [0, 0.05) is 4.47 Å². The minimum absolute atomic E-state index is 0.159. The van der Waals surface area contributed by atoms with Crippen LogP contribution in [0.25, 0.3) is 10.6 Å². The molecule has 0 aliphatic heterocycles. The summed E-state index contributed by atoms with van der Waals surface area (Å²) >= 11 is 4.50. The van der Waals surface area contributed by atoms with E-state index in [0.29, 0.717) is 9.35 Å². The molecule has 0 aliphatic rings. The molecule has 0 aromatic carbocycles. The van der Waals surface area contributed by atoms with Crippen molar-refractivity contribution < 1.29 is 13.2 Å². The molecule has 0 amide bonds. The zero-order valence-electron chi connectivity index (χ0n) is 8.12. The Morgan fingerprint density at radius 3 is 2.53 bits per heavy atom. The standard InChI is InChI=1S/C9H5BrF3N3S/c10-4-1-2-17-7(4)5-3-6(9(11,12)13)16-8(14)15-5/h1-3H,(H2,14,15,16). The van der Waals surface area contributed by atoms with Gasteiger partial charge in [0.15, 0.2) is 5.69 Å². The van der Waals surface area contributed by atoms with Crippen molar-refractivity contribution in [3.05, 3.63) is 27.7 Å². The zero-order chi connectivity index (χ0) is 12.6. The molecule has 8 heteroatoms. The molecule has 90 valence electrons. The maximum absolute atomic E-state index is 12.5. The van der Waals surface area contributed by atoms with Gasteiger partial charge >= 0.3 is 6.18 Å². The van der Waals surface area contributed by atoms with Gasteiger partial charge in [-0.3, -0.25) is 0 Å². The van der Waals surface area contributed by atoms with Gasteiger partial charge in [-0.2, -0.15) is 13.2 Å². The van der Waals surface area contributed by atoms with Crippen molar-refractivity contribution in [2.45, 2.75) is 6.18 Å². The molecule has 0 saturated heterocycles. The van der Waals surface area contributed by atoms with Gasteiger partial charge in [0.05, 0.1) is 10.6 Å². The Balaban J connectivity index is 2.57. The fourth-order valence-corrected chi connectivity index (χ4v) is 2.74. The monoisotopic (exact) mass is 323 g/mol. The highest BCUT2D eigenvalue weighted by Gasteiger charge is 2.33. The zero-order valence-corrected chi connectivity index (χ0v) is 10.5. The third-order valence-electron chi connectivity index (χ3n) is 1.88. The van der Waals surface area contributed by atoms with Crippen LogP contribution in [0.1, 0.15) is 5.69 Å². The second kappa shape index (κ2) is 4.26. The summed E-state index contributed by atoms with van der Waals surface area (Å²) in [6, 6.07) is 2.61. The van der Waals surface area contributed by atoms with Gasteiger partial charge in [0.25, 0.3) is 0 Å². The maximum Gasteiger partial charge on any atom is 0.433 e. The number of thiophene rings is 1. The first-order valence-electron chi connectivity index (χ1n) is 4.33. The molecule has 0 saturated carbocycles. The molecule has 17 heavy (non-hydrogen) atoms. The number of aromatic nitrogens is 2. The van der Waals surface area contributed by atoms with Crippen LogP contribution in [0.5, 0.6) is 0 Å². The van der Waals surface area contributed by atoms with E-state index in [4.69, 9.17) is 5.73 Å². The quantitative estimate of drug-likeness (QED) is 0.872. The van der Waals surface area contributed by atoms with Gasteiger partial charge in [-0.05, 0) is 33.4 Å². The van der Waals surface area contributed by atoms with Gasteiger partial charge in [0.1, 0.15) is 0 Å². The van der Waals surface area contributed by atoms with E-state index in [-0.39, 0.29) is 5.69 Å². The average Bonchev–Trinajstić information content (AvgIpc) is 2.62. The second-order valence-electron chi connectivity index (χ2n) is 3.09. The van der Waals surface area contributed by atoms with Gasteiger partial charge in [0.2, 0.25) is 5.95 Å². The first-order chi connectivity index (χ1) is 7.88. The predicted octanol–water partition coefficient (Wildman–Crippen LogP) is 3.57. The molecule has 0 unspecified atom stereocenters. The second-order valence-corrected chi connectivity index (χ2v) is 4.86. The molecule has 0 atom stereocenters. The van der Waals surface area contributed by atoms with Gasteiger partial charge in [-0.15, -0.1) is 11.3 Å². The van der Waals surface area contributed by atoms with Gasteiger partial charge in [-0.25, -0.2) is 9.97 Å². The fourth-order valence-electron chi connectivity index (χ4n) is 1.20. The van der Waals surface area contributed by atoms with E-state index in [0.717, 1.165) is 6.07 Å². The minimum Gasteiger partial charge on any atom is -0.368 e. The molecule has 0 spiro atoms. The summed E-state index contributed by atoms with van der Waals surface area (Å²) in [5.74, 6) is -0.393. The summed E-state index contributed by atoms with van der Waals surface area (Å²) in [6.07, 6.45) is -4.53. The van der Waals surface area contributed by atoms with Crippen LogP contribution in [0.3, 0.4) is 0 Å². The van der Waals surface area contributed by atoms with Crippen LogP contribution in [0.15, 0.2) is 22.0 Å². The lowest BCUT2D eigenvalue weighted by Crippen LogP contribution is -2.11. The third-order valence-corrected chi connectivity index (χ3v) is 3.74. The summed E-state index contributed by atoms with van der Waals surface area (Å²) in [5, 5.41) is 1.74. The van der Waals surface area contributed by atoms with Crippen molar-refractivity contribution in [3.63, 3.8) is 0 Å². The molecule has 2 heterocycles. The number of rotatable bonds is 1. The van der Waals surface area contributed by atoms with Crippen molar-refractivity contribution in [1.29, 1.82) is 0 Å². The van der Waals surface area contributed by atoms with E-state index in [2.05, 4.69) is 25.9 Å². The smallest absolute Gasteiger partial charge is 0.368 e. The Morgan fingerprint density at radius 2 is 2.00 bits per heavy atom. The molecule has 2 aromatic heterocycles. The van der Waals surface area contributed by atoms with Crippen molar-refractivity contribution in [1.82, 2.24) is 9.97 Å². The van der Waals surface area contributed by atoms with Crippen LogP contribution in [0.2, 0.25) is 0 Å². The molecular weight excluding hydrogens is 319 g/mol. The van der Waals surface area contributed by atoms with Crippen LogP contribution in [0, 0.1) is 0 Å². The third kappa shape index (κ3) is 2.58. The molecule has 2 aromatic rings. The van der Waals surface area contributed by atoms with E-state index in [1.54, 1.807) is 11.4 Å². The number of alkyl halides is 3. The molecule has 3 nitrogen and oxygen atoms in total. The molecule has 2 N–H and O–H groups in total. The van der Waals surface area contributed by atoms with E-state index >= 15 is 0 Å². The number of halogens is 4. The van der Waals surface area contributed by atoms with E-state index in [1.807, 2.05) is 0 Å². The lowest BCUT2D eigenvalue weighted by molar-refractivity contribution is -0.141. The molecule has 0 radical (unpaired) electrons. The SMILES string of the molecule is Nc1nc(-c2sccc2Br)cc(C(F)(F)F)n1. The lowest BCUT2D eigenvalue weighted by atomic mass is 10.3. The number of nitrogens with two attached hydrogens (primary N) is 1. The number of anilines is 1. The molecular formula is C9H5BrF3N3S. The highest BCUT2D eigenvalue weighted by molar-refractivity contribution is 9.10. The van der Waals surface area contributed by atoms with Crippen molar-refractivity contribution in [3.8, 4) is 10.6 Å². The highest BCUT2D eigenvalue weighted by atomic mass is 79.9. The average molecular weight is 324 g/mol. The number of nitrogens with zero attached hydrogens (tertiary/aromatic N) is 2. The van der Waals surface area contributed by atoms with Gasteiger partial charge < -0.3 is 5.73 Å². The van der Waals surface area contributed by atoms with Crippen molar-refractivity contribution >= 4 is 33.2 Å². The van der Waals surface area contributed by atoms with Crippen molar-refractivity contribution in [2.24, 2.45) is 0 Å². The minimum atomic E-state index is -4.53. The molecule has 0 aliphatic carbocycles. The summed E-state index contributed by atoms with van der Waals surface area (Å²) in [6.45, 7) is 0. The van der Waals surface area contributed by atoms with Crippen molar-refractivity contribution in [2.75, 3.05) is 5.73 Å². The first kappa shape index (κ1) is 12.3. The van der Waals surface area contributed by atoms with Crippen LogP contribution < -0.4 is 5.73 Å². The van der Waals surface area contributed by atoms with E-state index < -0.39 is 17.8 Å². The Kier molecular flexibility index (Phi) is 3.09. The Bertz CT molecular complexity index is 553. The molecule has 2 rings (SSSR count). The summed E-state index contributed by atoms with van der Waals surface area (Å²) < 4.78 is 38.3. The Morgan fingerprint density at radius 1 is 1.29 bits per heavy atom. The number of hydrogen-bond acceptors (Lipinski definition) is 4. The van der Waals surface area contributed by atoms with Crippen LogP contribution >= 0.6 is 27.3 Å².